The molecule has 0 radical (unpaired) electrons. The molecule has 0 saturated carbocycles. The van der Waals surface area contributed by atoms with E-state index >= 15 is 0 Å². The first-order valence-corrected chi connectivity index (χ1v) is 4.51. The van der Waals surface area contributed by atoms with E-state index < -0.39 is 5.97 Å². The van der Waals surface area contributed by atoms with E-state index in [-0.39, 0.29) is 5.84 Å². The fourth-order valence-corrected chi connectivity index (χ4v) is 1.15. The van der Waals surface area contributed by atoms with E-state index in [9.17, 15) is 4.79 Å². The van der Waals surface area contributed by atoms with E-state index in [1.165, 1.54) is 6.26 Å². The highest BCUT2D eigenvalue weighted by molar-refractivity contribution is 6.40. The Bertz CT molecular complexity index is 420. The van der Waals surface area contributed by atoms with Crippen molar-refractivity contribution in [3.63, 3.8) is 0 Å². The minimum Gasteiger partial charge on any atom is -0.460 e. The fourth-order valence-electron chi connectivity index (χ4n) is 1.15. The SMILES string of the molecule is CCOC(=O)C1=NCC(c2ccon2)=N1. The quantitative estimate of drug-likeness (QED) is 0.674. The number of hydrogen-bond acceptors (Lipinski definition) is 6. The van der Waals surface area contributed by atoms with Gasteiger partial charge >= 0.3 is 5.97 Å². The summed E-state index contributed by atoms with van der Waals surface area (Å²) in [5.74, 6) is -0.411. The smallest absolute Gasteiger partial charge is 0.375 e. The summed E-state index contributed by atoms with van der Waals surface area (Å²) in [6.45, 7) is 2.38. The van der Waals surface area contributed by atoms with Crippen molar-refractivity contribution in [2.24, 2.45) is 9.98 Å². The summed E-state index contributed by atoms with van der Waals surface area (Å²) in [5, 5.41) is 3.71. The Morgan fingerprint density at radius 2 is 2.53 bits per heavy atom. The Labute approximate surface area is 85.6 Å². The Morgan fingerprint density at radius 1 is 1.67 bits per heavy atom. The van der Waals surface area contributed by atoms with Gasteiger partial charge in [0.25, 0.3) is 0 Å². The molecule has 1 aliphatic rings. The number of amidine groups is 1. The van der Waals surface area contributed by atoms with Gasteiger partial charge in [-0.3, -0.25) is 4.99 Å². The molecule has 6 nitrogen and oxygen atoms in total. The van der Waals surface area contributed by atoms with Gasteiger partial charge in [0.05, 0.1) is 18.9 Å². The first-order valence-electron chi connectivity index (χ1n) is 4.51. The molecule has 0 atom stereocenters. The molecule has 0 spiro atoms. The van der Waals surface area contributed by atoms with E-state index in [1.54, 1.807) is 13.0 Å². The number of esters is 1. The van der Waals surface area contributed by atoms with Crippen LogP contribution in [0.1, 0.15) is 12.6 Å². The van der Waals surface area contributed by atoms with Crippen LogP contribution in [0.5, 0.6) is 0 Å². The van der Waals surface area contributed by atoms with Crippen LogP contribution in [0, 0.1) is 0 Å². The third kappa shape index (κ3) is 1.93. The van der Waals surface area contributed by atoms with Gasteiger partial charge in [-0.2, -0.15) is 0 Å². The van der Waals surface area contributed by atoms with Crippen LogP contribution < -0.4 is 0 Å². The number of rotatable bonds is 3. The Morgan fingerprint density at radius 3 is 3.20 bits per heavy atom. The summed E-state index contributed by atoms with van der Waals surface area (Å²) in [7, 11) is 0. The molecule has 1 aliphatic heterocycles. The average Bonchev–Trinajstić information content (AvgIpc) is 2.89. The second-order valence-corrected chi connectivity index (χ2v) is 2.80. The number of nitrogens with zero attached hydrogens (tertiary/aromatic N) is 3. The van der Waals surface area contributed by atoms with Crippen molar-refractivity contribution in [1.82, 2.24) is 5.16 Å². The maximum absolute atomic E-state index is 11.3. The van der Waals surface area contributed by atoms with E-state index in [0.29, 0.717) is 24.6 Å². The van der Waals surface area contributed by atoms with Crippen LogP contribution in [0.4, 0.5) is 0 Å². The zero-order chi connectivity index (χ0) is 10.7. The van der Waals surface area contributed by atoms with E-state index in [0.717, 1.165) is 0 Å². The van der Waals surface area contributed by atoms with Crippen LogP contribution in [0.3, 0.4) is 0 Å². The molecular weight excluding hydrogens is 198 g/mol. The predicted octanol–water partition coefficient (Wildman–Crippen LogP) is 0.439. The van der Waals surface area contributed by atoms with Crippen molar-refractivity contribution in [2.75, 3.05) is 13.2 Å². The molecule has 15 heavy (non-hydrogen) atoms. The third-order valence-corrected chi connectivity index (χ3v) is 1.81. The summed E-state index contributed by atoms with van der Waals surface area (Å²) in [6.07, 6.45) is 1.44. The van der Waals surface area contributed by atoms with Crippen molar-refractivity contribution in [3.05, 3.63) is 18.0 Å². The zero-order valence-corrected chi connectivity index (χ0v) is 8.14. The lowest BCUT2D eigenvalue weighted by molar-refractivity contribution is -0.135. The lowest BCUT2D eigenvalue weighted by atomic mass is 10.3. The molecule has 2 rings (SSSR count). The summed E-state index contributed by atoms with van der Waals surface area (Å²) in [4.78, 5) is 19.2. The van der Waals surface area contributed by atoms with Gasteiger partial charge in [-0.15, -0.1) is 0 Å². The van der Waals surface area contributed by atoms with Crippen molar-refractivity contribution < 1.29 is 14.1 Å². The predicted molar refractivity (Wildman–Crippen MR) is 52.0 cm³/mol. The maximum atomic E-state index is 11.3. The van der Waals surface area contributed by atoms with Crippen LogP contribution in [-0.2, 0) is 9.53 Å². The Hall–Kier alpha value is -1.98. The molecule has 0 saturated heterocycles. The number of carbonyl (C=O) groups is 1. The highest BCUT2D eigenvalue weighted by Crippen LogP contribution is 2.06. The first kappa shape index (κ1) is 9.57. The minimum absolute atomic E-state index is 0.0925. The summed E-state index contributed by atoms with van der Waals surface area (Å²) in [5.41, 5.74) is 1.21. The second kappa shape index (κ2) is 4.04. The van der Waals surface area contributed by atoms with Gasteiger partial charge in [-0.25, -0.2) is 9.79 Å². The zero-order valence-electron chi connectivity index (χ0n) is 8.14. The molecule has 6 heteroatoms. The van der Waals surface area contributed by atoms with Crippen LogP contribution in [-0.4, -0.2) is 35.8 Å². The topological polar surface area (TPSA) is 77.0 Å². The molecule has 0 bridgehead atoms. The Balaban J connectivity index is 2.10. The van der Waals surface area contributed by atoms with Gasteiger partial charge in [0.2, 0.25) is 5.84 Å². The molecule has 2 heterocycles. The molecule has 0 aromatic carbocycles. The summed E-state index contributed by atoms with van der Waals surface area (Å²) in [6, 6.07) is 1.67. The lowest BCUT2D eigenvalue weighted by Crippen LogP contribution is -2.14. The molecule has 1 aromatic heterocycles. The summed E-state index contributed by atoms with van der Waals surface area (Å²) >= 11 is 0. The average molecular weight is 207 g/mol. The normalized spacial score (nSPS) is 14.7. The maximum Gasteiger partial charge on any atom is 0.375 e. The van der Waals surface area contributed by atoms with Crippen molar-refractivity contribution >= 4 is 17.5 Å². The number of aliphatic imine (C=N–C) groups is 2. The number of carbonyl (C=O) groups excluding carboxylic acids is 1. The van der Waals surface area contributed by atoms with Crippen LogP contribution in [0.15, 0.2) is 26.8 Å². The lowest BCUT2D eigenvalue weighted by Gasteiger charge is -1.96. The molecule has 0 N–H and O–H groups in total. The molecule has 0 fully saturated rings. The minimum atomic E-state index is -0.504. The number of hydrogen-bond donors (Lipinski definition) is 0. The monoisotopic (exact) mass is 207 g/mol. The van der Waals surface area contributed by atoms with Crippen LogP contribution in [0.25, 0.3) is 0 Å². The van der Waals surface area contributed by atoms with Gasteiger partial charge in [-0.05, 0) is 6.92 Å². The molecule has 0 unspecified atom stereocenters. The molecular formula is C9H9N3O3. The molecule has 1 aromatic rings. The molecule has 78 valence electrons. The standard InChI is InChI=1S/C9H9N3O3/c1-2-14-9(13)8-10-5-7(11-8)6-3-4-15-12-6/h3-4H,2,5H2,1H3. The third-order valence-electron chi connectivity index (χ3n) is 1.81. The number of ether oxygens (including phenoxy) is 1. The van der Waals surface area contributed by atoms with Crippen molar-refractivity contribution in [2.45, 2.75) is 6.92 Å². The van der Waals surface area contributed by atoms with Crippen molar-refractivity contribution in [3.8, 4) is 0 Å². The van der Waals surface area contributed by atoms with Gasteiger partial charge in [0.15, 0.2) is 0 Å². The second-order valence-electron chi connectivity index (χ2n) is 2.80. The highest BCUT2D eigenvalue weighted by Gasteiger charge is 2.20. The Kier molecular flexibility index (Phi) is 2.57. The van der Waals surface area contributed by atoms with E-state index in [1.807, 2.05) is 0 Å². The highest BCUT2D eigenvalue weighted by atomic mass is 16.5. The van der Waals surface area contributed by atoms with Crippen LogP contribution >= 0.6 is 0 Å². The van der Waals surface area contributed by atoms with Crippen LogP contribution in [0.2, 0.25) is 0 Å². The van der Waals surface area contributed by atoms with Gasteiger partial charge in [0.1, 0.15) is 12.0 Å². The van der Waals surface area contributed by atoms with Gasteiger partial charge in [-0.1, -0.05) is 5.16 Å². The fraction of sp³-hybridized carbons (Fsp3) is 0.333. The molecule has 0 aliphatic carbocycles. The van der Waals surface area contributed by atoms with E-state index in [4.69, 9.17) is 4.74 Å². The largest absolute Gasteiger partial charge is 0.460 e. The van der Waals surface area contributed by atoms with E-state index in [2.05, 4.69) is 19.7 Å². The first-order chi connectivity index (χ1) is 7.31. The van der Waals surface area contributed by atoms with Crippen molar-refractivity contribution in [1.29, 1.82) is 0 Å². The van der Waals surface area contributed by atoms with Gasteiger partial charge < -0.3 is 9.26 Å². The summed E-state index contributed by atoms with van der Waals surface area (Å²) < 4.78 is 9.44. The number of aromatic nitrogens is 1. The van der Waals surface area contributed by atoms with Gasteiger partial charge in [0, 0.05) is 6.07 Å². The molecule has 0 amide bonds.